The first-order valence-corrected chi connectivity index (χ1v) is 51.5. The molecule has 0 aliphatic carbocycles. The molecule has 21 nitrogen and oxygen atoms in total. The molecule has 10 amide bonds. The molecular weight excluding hydrogens is 1840 g/mol. The van der Waals surface area contributed by atoms with Gasteiger partial charge in [0.15, 0.2) is 28.3 Å². The molecule has 13 aromatic rings. The molecule has 13 aromatic carbocycles. The van der Waals surface area contributed by atoms with Crippen LogP contribution in [0.15, 0.2) is 315 Å². The molecule has 5 fully saturated rings. The van der Waals surface area contributed by atoms with Crippen molar-refractivity contribution in [3.05, 3.63) is 455 Å². The zero-order valence-corrected chi connectivity index (χ0v) is 84.8. The summed E-state index contributed by atoms with van der Waals surface area (Å²) in [6, 6.07) is 98.5. The summed E-state index contributed by atoms with van der Waals surface area (Å²) in [6.07, 6.45) is 7.36. The van der Waals surface area contributed by atoms with Gasteiger partial charge in [-0.25, -0.2) is 8.78 Å². The second-order valence-corrected chi connectivity index (χ2v) is 39.6. The van der Waals surface area contributed by atoms with Gasteiger partial charge >= 0.3 is 0 Å². The molecule has 5 unspecified atom stereocenters. The molecular formula is C124H122F2N10O11. The summed E-state index contributed by atoms with van der Waals surface area (Å²) in [4.78, 5) is 151. The third-order valence-corrected chi connectivity index (χ3v) is 30.9. The number of aryl methyl sites for hydroxylation is 3. The van der Waals surface area contributed by atoms with E-state index in [-0.39, 0.29) is 77.1 Å². The molecule has 5 atom stereocenters. The Morgan fingerprint density at radius 1 is 0.279 bits per heavy atom. The number of rotatable bonds is 20. The van der Waals surface area contributed by atoms with Gasteiger partial charge < -0.3 is 53.7 Å². The lowest BCUT2D eigenvalue weighted by Gasteiger charge is -2.40. The van der Waals surface area contributed by atoms with Crippen molar-refractivity contribution in [2.45, 2.75) is 160 Å². The lowest BCUT2D eigenvalue weighted by molar-refractivity contribution is -0.137. The maximum absolute atomic E-state index is 13.7. The summed E-state index contributed by atoms with van der Waals surface area (Å²) in [5, 5.41) is 0. The van der Waals surface area contributed by atoms with E-state index in [2.05, 4.69) is 146 Å². The number of benzene rings is 13. The molecule has 5 saturated heterocycles. The van der Waals surface area contributed by atoms with Crippen LogP contribution in [0.1, 0.15) is 268 Å². The summed E-state index contributed by atoms with van der Waals surface area (Å²) in [6.45, 7) is 23.8. The number of amides is 10. The van der Waals surface area contributed by atoms with Crippen molar-refractivity contribution in [3.63, 3.8) is 0 Å². The van der Waals surface area contributed by atoms with E-state index in [0.29, 0.717) is 129 Å². The van der Waals surface area contributed by atoms with E-state index >= 15 is 0 Å². The van der Waals surface area contributed by atoms with Crippen LogP contribution in [-0.4, -0.2) is 181 Å². The molecule has 0 bridgehead atoms. The Hall–Kier alpha value is -15.8. The maximum atomic E-state index is 13.7. The average molecular weight is 1970 g/mol. The van der Waals surface area contributed by atoms with Gasteiger partial charge in [0.2, 0.25) is 17.7 Å². The third kappa shape index (κ3) is 16.6. The standard InChI is InChI=1S/C28H28N2O3.2C26H23FN2O2.2C22H24N2O2/c1-3-6-20-9-13-22(14-10-20)28-25-8-5-4-7-24(25)27(32)30(28)18-17-29(28)26(31)19-21-11-15-23(33-2)16-12-21;1-17(2)18-7-11-20(12-8-18)26-23-6-4-3-5-22(23)25(31)29(26)16-15-28(26)24(30)19-9-13-21(27)14-10-19;1-2-5-18-8-12-20(13-9-18)26-23-7-4-3-6-22(23)25(31)29(26)17-16-28(26)24(30)19-10-14-21(27)15-11-19;1-4-20(25)23-13-14-24-21(26)18-7-5-6-8-19(18)22(23,24)17-11-9-16(10-12-17)15(2)3;1-3-7-16-10-12-17(13-11-16)22-19-9-6-5-8-18(19)21(26)24(22)15-14-23(22)20(25)4-2/h4-5,7-16H,3,6,17-19H2,1-2H3;3-14,17H,15-16H2,1-2H3;3-4,6-15H,2,5,16-17H2,1H3;5-12,15H,4,13-14H2,1-3H3;5-6,8-13H,3-4,7,14-15H2,1-2H3. The van der Waals surface area contributed by atoms with Crippen molar-refractivity contribution in [2.75, 3.05) is 72.6 Å². The van der Waals surface area contributed by atoms with Gasteiger partial charge in [-0.15, -0.1) is 0 Å². The third-order valence-electron chi connectivity index (χ3n) is 30.9. The average Bonchev–Trinajstić information content (AvgIpc) is 1.56. The van der Waals surface area contributed by atoms with Crippen LogP contribution in [-0.2, 0) is 68.4 Å². The highest BCUT2D eigenvalue weighted by Gasteiger charge is 2.65. The Kier molecular flexibility index (Phi) is 27.9. The van der Waals surface area contributed by atoms with Crippen molar-refractivity contribution in [1.29, 1.82) is 0 Å². The van der Waals surface area contributed by atoms with Crippen LogP contribution in [0.5, 0.6) is 5.75 Å². The molecule has 10 heterocycles. The monoisotopic (exact) mass is 1960 g/mol. The largest absolute Gasteiger partial charge is 0.497 e. The smallest absolute Gasteiger partial charge is 0.256 e. The predicted octanol–water partition coefficient (Wildman–Crippen LogP) is 21.0. The van der Waals surface area contributed by atoms with E-state index in [1.165, 1.54) is 76.3 Å². The molecule has 23 heteroatoms. The highest BCUT2D eigenvalue weighted by atomic mass is 19.1. The van der Waals surface area contributed by atoms with Crippen molar-refractivity contribution >= 4 is 59.1 Å². The van der Waals surface area contributed by atoms with Crippen LogP contribution >= 0.6 is 0 Å². The molecule has 147 heavy (non-hydrogen) atoms. The first kappa shape index (κ1) is 99.9. The second kappa shape index (κ2) is 41.0. The zero-order valence-electron chi connectivity index (χ0n) is 84.8. The van der Waals surface area contributed by atoms with Crippen molar-refractivity contribution in [1.82, 2.24) is 49.0 Å². The number of nitrogens with zero attached hydrogens (tertiary/aromatic N) is 10. The van der Waals surface area contributed by atoms with Gasteiger partial charge in [0.05, 0.1) is 13.5 Å². The van der Waals surface area contributed by atoms with Crippen LogP contribution < -0.4 is 4.74 Å². The number of fused-ring (bicyclic) bond motifs is 15. The van der Waals surface area contributed by atoms with Crippen LogP contribution in [0.25, 0.3) is 0 Å². The molecule has 0 N–H and O–H groups in total. The second-order valence-electron chi connectivity index (χ2n) is 39.6. The molecule has 748 valence electrons. The Morgan fingerprint density at radius 3 is 0.755 bits per heavy atom. The quantitative estimate of drug-likeness (QED) is 0.0700. The molecule has 0 radical (unpaired) electrons. The minimum absolute atomic E-state index is 0.00445. The van der Waals surface area contributed by atoms with Crippen molar-refractivity contribution in [3.8, 4) is 5.75 Å². The number of carbonyl (C=O) groups is 10. The maximum Gasteiger partial charge on any atom is 0.256 e. The van der Waals surface area contributed by atoms with Crippen molar-refractivity contribution < 1.29 is 61.5 Å². The van der Waals surface area contributed by atoms with Gasteiger partial charge in [0, 0.05) is 173 Å². The van der Waals surface area contributed by atoms with E-state index in [1.54, 1.807) is 26.7 Å². The first-order chi connectivity index (χ1) is 71.2. The number of ether oxygens (including phenoxy) is 1. The number of halogens is 2. The number of carbonyl (C=O) groups excluding carboxylic acids is 10. The first-order valence-electron chi connectivity index (χ1n) is 51.5. The summed E-state index contributed by atoms with van der Waals surface area (Å²) < 4.78 is 32.2. The fraction of sp³-hybridized carbons (Fsp3) is 0.290. The minimum Gasteiger partial charge on any atom is -0.497 e. The zero-order chi connectivity index (χ0) is 103. The van der Waals surface area contributed by atoms with E-state index < -0.39 is 28.3 Å². The summed E-state index contributed by atoms with van der Waals surface area (Å²) >= 11 is 0. The number of hydrogen-bond acceptors (Lipinski definition) is 11. The van der Waals surface area contributed by atoms with Crippen LogP contribution in [0.2, 0.25) is 0 Å². The molecule has 0 aromatic heterocycles. The normalized spacial score (nSPS) is 20.0. The molecule has 0 spiro atoms. The van der Waals surface area contributed by atoms with Crippen LogP contribution in [0, 0.1) is 11.6 Å². The lowest BCUT2D eigenvalue weighted by Crippen LogP contribution is -2.52. The van der Waals surface area contributed by atoms with E-state index in [0.717, 1.165) is 105 Å². The SMILES string of the molecule is CC(C)c1ccc(C23c4ccccc4C(=O)N2CCN3C(=O)c2ccc(F)cc2)cc1.CCC(=O)N1CCN2C(=O)c3ccccc3C12c1ccc(C(C)C)cc1.CCCc1ccc(C23c4ccccc4C(=O)N2CCN3C(=O)CC)cc1.CCCc1ccc(C23c4ccccc4C(=O)N2CCN3C(=O)Cc2ccc(OC)cc2)cc1.CCCc1ccc(C23c4ccccc4C(=O)N2CCN3C(=O)c2ccc(F)cc2)cc1. The highest BCUT2D eigenvalue weighted by Crippen LogP contribution is 2.57. The Balaban J connectivity index is 0.000000116. The minimum atomic E-state index is -1.01. The molecule has 23 rings (SSSR count). The fourth-order valence-corrected chi connectivity index (χ4v) is 24.1. The summed E-state index contributed by atoms with van der Waals surface area (Å²) in [5.74, 6) is 0.398. The highest BCUT2D eigenvalue weighted by molar-refractivity contribution is 6.07. The van der Waals surface area contributed by atoms with Gasteiger partial charge in [0.1, 0.15) is 17.4 Å². The number of methoxy groups -OCH3 is 1. The van der Waals surface area contributed by atoms with Gasteiger partial charge in [-0.3, -0.25) is 47.9 Å². The summed E-state index contributed by atoms with van der Waals surface area (Å²) in [5.41, 5.74) is 15.8. The Morgan fingerprint density at radius 2 is 0.510 bits per heavy atom. The van der Waals surface area contributed by atoms with Crippen molar-refractivity contribution in [2.24, 2.45) is 0 Å². The Labute approximate surface area is 858 Å². The van der Waals surface area contributed by atoms with Gasteiger partial charge in [-0.1, -0.05) is 306 Å². The van der Waals surface area contributed by atoms with Crippen LogP contribution in [0.3, 0.4) is 0 Å². The van der Waals surface area contributed by atoms with Gasteiger partial charge in [-0.05, 0) is 155 Å². The molecule has 0 saturated carbocycles. The molecule has 10 aliphatic heterocycles. The molecule has 10 aliphatic rings. The van der Waals surface area contributed by atoms with E-state index in [1.807, 2.05) is 213 Å². The fourth-order valence-electron chi connectivity index (χ4n) is 24.1. The van der Waals surface area contributed by atoms with E-state index in [9.17, 15) is 56.7 Å². The van der Waals surface area contributed by atoms with Crippen LogP contribution in [0.4, 0.5) is 8.78 Å². The van der Waals surface area contributed by atoms with Gasteiger partial charge in [0.25, 0.3) is 41.4 Å². The Bertz CT molecular complexity index is 7230. The van der Waals surface area contributed by atoms with Gasteiger partial charge in [-0.2, -0.15) is 0 Å². The topological polar surface area (TPSA) is 212 Å². The lowest BCUT2D eigenvalue weighted by atomic mass is 9.88. The predicted molar refractivity (Wildman–Crippen MR) is 561 cm³/mol. The number of hydrogen-bond donors (Lipinski definition) is 0. The summed E-state index contributed by atoms with van der Waals surface area (Å²) in [7, 11) is 1.63. The van der Waals surface area contributed by atoms with E-state index in [4.69, 9.17) is 4.74 Å².